The van der Waals surface area contributed by atoms with Crippen molar-refractivity contribution in [2.24, 2.45) is 0 Å². The number of urea groups is 1. The highest BCUT2D eigenvalue weighted by Gasteiger charge is 2.43. The number of anilines is 1. The van der Waals surface area contributed by atoms with Crippen LogP contribution in [0.25, 0.3) is 0 Å². The highest BCUT2D eigenvalue weighted by molar-refractivity contribution is 6.00. The lowest BCUT2D eigenvalue weighted by Gasteiger charge is -2.33. The van der Waals surface area contributed by atoms with Gasteiger partial charge in [0.2, 0.25) is 5.91 Å². The number of esters is 1. The molecule has 4 rings (SSSR count). The first-order chi connectivity index (χ1) is 14.3. The molecule has 3 amide bonds. The molecule has 30 heavy (non-hydrogen) atoms. The smallest absolute Gasteiger partial charge is 0.338 e. The van der Waals surface area contributed by atoms with Crippen LogP contribution in [0.4, 0.5) is 14.9 Å². The number of carbonyl (C=O) groups excluding carboxylic acids is 3. The van der Waals surface area contributed by atoms with Gasteiger partial charge in [0.25, 0.3) is 0 Å². The van der Waals surface area contributed by atoms with E-state index in [1.165, 1.54) is 29.2 Å². The van der Waals surface area contributed by atoms with E-state index in [1.54, 1.807) is 0 Å². The molecule has 2 heterocycles. The Morgan fingerprint density at radius 3 is 2.67 bits per heavy atom. The molecule has 0 fully saturated rings. The van der Waals surface area contributed by atoms with Crippen molar-refractivity contribution in [3.63, 3.8) is 0 Å². The van der Waals surface area contributed by atoms with Crippen molar-refractivity contribution in [1.29, 1.82) is 0 Å². The first-order valence-corrected chi connectivity index (χ1v) is 9.44. The van der Waals surface area contributed by atoms with E-state index in [-0.39, 0.29) is 13.2 Å². The summed E-state index contributed by atoms with van der Waals surface area (Å²) in [6, 6.07) is 9.97. The molecule has 0 bridgehead atoms. The third-order valence-corrected chi connectivity index (χ3v) is 5.17. The average molecular weight is 409 g/mol. The molecule has 2 N–H and O–H groups in total. The van der Waals surface area contributed by atoms with Gasteiger partial charge in [-0.25, -0.2) is 14.0 Å². The number of rotatable bonds is 4. The molecular weight excluding hydrogens is 389 g/mol. The second kappa shape index (κ2) is 7.62. The van der Waals surface area contributed by atoms with E-state index in [4.69, 9.17) is 4.74 Å². The van der Waals surface area contributed by atoms with E-state index < -0.39 is 29.8 Å². The summed E-state index contributed by atoms with van der Waals surface area (Å²) in [5.41, 5.74) is 3.85. The van der Waals surface area contributed by atoms with Gasteiger partial charge in [-0.2, -0.15) is 0 Å². The predicted molar refractivity (Wildman–Crippen MR) is 107 cm³/mol. The van der Waals surface area contributed by atoms with E-state index in [0.717, 1.165) is 16.7 Å². The maximum atomic E-state index is 13.0. The monoisotopic (exact) mass is 409 g/mol. The van der Waals surface area contributed by atoms with Crippen LogP contribution in [0.5, 0.6) is 0 Å². The molecule has 7 nitrogen and oxygen atoms in total. The Morgan fingerprint density at radius 2 is 1.93 bits per heavy atom. The largest absolute Gasteiger partial charge is 0.456 e. The van der Waals surface area contributed by atoms with Crippen molar-refractivity contribution < 1.29 is 23.5 Å². The SMILES string of the molecule is Cc1ccc(C)c([C@@H]2NC(=O)N(CC(=O)Nc3ccc(F)cc3)C3=C2C(=O)OC3)c1. The summed E-state index contributed by atoms with van der Waals surface area (Å²) in [7, 11) is 0. The van der Waals surface area contributed by atoms with Gasteiger partial charge in [-0.3, -0.25) is 9.69 Å². The average Bonchev–Trinajstić information content (AvgIpc) is 3.09. The van der Waals surface area contributed by atoms with Crippen LogP contribution in [-0.4, -0.2) is 36.0 Å². The lowest BCUT2D eigenvalue weighted by atomic mass is 9.91. The molecule has 0 saturated heterocycles. The Morgan fingerprint density at radius 1 is 1.20 bits per heavy atom. The maximum Gasteiger partial charge on any atom is 0.338 e. The van der Waals surface area contributed by atoms with Crippen molar-refractivity contribution in [3.8, 4) is 0 Å². The Bertz CT molecular complexity index is 1080. The van der Waals surface area contributed by atoms with Crippen LogP contribution < -0.4 is 10.6 Å². The zero-order valence-electron chi connectivity index (χ0n) is 16.5. The quantitative estimate of drug-likeness (QED) is 0.760. The highest BCUT2D eigenvalue weighted by atomic mass is 19.1. The summed E-state index contributed by atoms with van der Waals surface area (Å²) >= 11 is 0. The first kappa shape index (κ1) is 19.6. The number of halogens is 1. The lowest BCUT2D eigenvalue weighted by molar-refractivity contribution is -0.136. The third kappa shape index (κ3) is 3.63. The normalized spacial score (nSPS) is 18.1. The molecule has 2 aromatic rings. The fraction of sp³-hybridized carbons (Fsp3) is 0.227. The van der Waals surface area contributed by atoms with Gasteiger partial charge in [-0.1, -0.05) is 23.8 Å². The maximum absolute atomic E-state index is 13.0. The molecule has 2 aromatic carbocycles. The Labute approximate surface area is 172 Å². The zero-order valence-corrected chi connectivity index (χ0v) is 16.5. The van der Waals surface area contributed by atoms with Crippen molar-refractivity contribution >= 4 is 23.6 Å². The minimum absolute atomic E-state index is 0.0766. The number of hydrogen-bond donors (Lipinski definition) is 2. The minimum Gasteiger partial charge on any atom is -0.456 e. The number of cyclic esters (lactones) is 1. The van der Waals surface area contributed by atoms with Crippen LogP contribution >= 0.6 is 0 Å². The second-order valence-electron chi connectivity index (χ2n) is 7.32. The van der Waals surface area contributed by atoms with Gasteiger partial charge in [-0.05, 0) is 49.2 Å². The van der Waals surface area contributed by atoms with Crippen molar-refractivity contribution in [1.82, 2.24) is 10.2 Å². The van der Waals surface area contributed by atoms with Crippen LogP contribution in [0.1, 0.15) is 22.7 Å². The molecule has 0 radical (unpaired) electrons. The fourth-order valence-electron chi connectivity index (χ4n) is 3.66. The van der Waals surface area contributed by atoms with Crippen LogP contribution in [0.2, 0.25) is 0 Å². The zero-order chi connectivity index (χ0) is 21.4. The Balaban J connectivity index is 1.62. The van der Waals surface area contributed by atoms with Crippen molar-refractivity contribution in [2.45, 2.75) is 19.9 Å². The van der Waals surface area contributed by atoms with Gasteiger partial charge < -0.3 is 15.4 Å². The number of amides is 3. The predicted octanol–water partition coefficient (Wildman–Crippen LogP) is 2.96. The summed E-state index contributed by atoms with van der Waals surface area (Å²) in [4.78, 5) is 39.0. The van der Waals surface area contributed by atoms with Crippen LogP contribution in [0, 0.1) is 19.7 Å². The topological polar surface area (TPSA) is 87.7 Å². The molecule has 2 aliphatic rings. The van der Waals surface area contributed by atoms with Gasteiger partial charge in [0.15, 0.2) is 0 Å². The minimum atomic E-state index is -0.640. The lowest BCUT2D eigenvalue weighted by Crippen LogP contribution is -2.49. The molecular formula is C22H20FN3O4. The van der Waals surface area contributed by atoms with Gasteiger partial charge in [0, 0.05) is 5.69 Å². The summed E-state index contributed by atoms with van der Waals surface area (Å²) in [5.74, 6) is -1.41. The van der Waals surface area contributed by atoms with Crippen LogP contribution in [0.15, 0.2) is 53.7 Å². The number of carbonyl (C=O) groups is 3. The van der Waals surface area contributed by atoms with Crippen LogP contribution in [-0.2, 0) is 14.3 Å². The van der Waals surface area contributed by atoms with Crippen molar-refractivity contribution in [3.05, 3.63) is 76.2 Å². The molecule has 0 unspecified atom stereocenters. The number of aryl methyl sites for hydroxylation is 2. The summed E-state index contributed by atoms with van der Waals surface area (Å²) < 4.78 is 18.2. The standard InChI is InChI=1S/C22H20FN3O4/c1-12-3-4-13(2)16(9-12)20-19-17(11-30-21(19)28)26(22(29)25-20)10-18(27)24-15-7-5-14(23)6-8-15/h3-9,20H,10-11H2,1-2H3,(H,24,27)(H,25,29)/t20-/m0/s1. The van der Waals surface area contributed by atoms with E-state index >= 15 is 0 Å². The van der Waals surface area contributed by atoms with Gasteiger partial charge in [-0.15, -0.1) is 0 Å². The summed E-state index contributed by atoms with van der Waals surface area (Å²) in [6.07, 6.45) is 0. The second-order valence-corrected chi connectivity index (χ2v) is 7.32. The molecule has 0 saturated carbocycles. The van der Waals surface area contributed by atoms with E-state index in [2.05, 4.69) is 10.6 Å². The number of hydrogen-bond acceptors (Lipinski definition) is 4. The first-order valence-electron chi connectivity index (χ1n) is 9.44. The molecule has 2 aliphatic heterocycles. The molecule has 8 heteroatoms. The number of nitrogens with one attached hydrogen (secondary N) is 2. The van der Waals surface area contributed by atoms with Gasteiger partial charge in [0.05, 0.1) is 17.3 Å². The summed E-state index contributed by atoms with van der Waals surface area (Å²) in [5, 5.41) is 5.44. The molecule has 0 spiro atoms. The van der Waals surface area contributed by atoms with E-state index in [1.807, 2.05) is 32.0 Å². The fourth-order valence-corrected chi connectivity index (χ4v) is 3.66. The molecule has 1 atom stereocenters. The molecule has 154 valence electrons. The van der Waals surface area contributed by atoms with Crippen LogP contribution in [0.3, 0.4) is 0 Å². The number of ether oxygens (including phenoxy) is 1. The Hall–Kier alpha value is -3.68. The van der Waals surface area contributed by atoms with E-state index in [9.17, 15) is 18.8 Å². The number of benzene rings is 2. The van der Waals surface area contributed by atoms with Crippen molar-refractivity contribution in [2.75, 3.05) is 18.5 Å². The van der Waals surface area contributed by atoms with Gasteiger partial charge >= 0.3 is 12.0 Å². The van der Waals surface area contributed by atoms with E-state index in [0.29, 0.717) is 17.0 Å². The molecule has 0 aromatic heterocycles. The third-order valence-electron chi connectivity index (χ3n) is 5.17. The summed E-state index contributed by atoms with van der Waals surface area (Å²) in [6.45, 7) is 3.46. The number of nitrogens with zero attached hydrogens (tertiary/aromatic N) is 1. The highest BCUT2D eigenvalue weighted by Crippen LogP contribution is 2.36. The Kier molecular flexibility index (Phi) is 4.99. The van der Waals surface area contributed by atoms with Gasteiger partial charge in [0.1, 0.15) is 19.0 Å². The molecule has 0 aliphatic carbocycles.